The van der Waals surface area contributed by atoms with E-state index in [0.717, 1.165) is 25.2 Å². The number of rotatable bonds is 7. The Morgan fingerprint density at radius 1 is 1.24 bits per heavy atom. The topological polar surface area (TPSA) is 70.7 Å². The standard InChI is InChI=1S/C17H23F2N3O3/c1-12(22-6-8-25-9-7-22)11-21-16(23)4-5-20-17(24)14-3-2-13(18)10-15(14)19/h2-3,10,12H,4-9,11H2,1H3,(H,20,24)(H,21,23). The summed E-state index contributed by atoms with van der Waals surface area (Å²) in [5, 5.41) is 5.27. The van der Waals surface area contributed by atoms with Crippen LogP contribution in [0, 0.1) is 11.6 Å². The summed E-state index contributed by atoms with van der Waals surface area (Å²) in [6, 6.07) is 2.94. The van der Waals surface area contributed by atoms with Crippen LogP contribution in [0.15, 0.2) is 18.2 Å². The summed E-state index contributed by atoms with van der Waals surface area (Å²) in [4.78, 5) is 25.9. The average Bonchev–Trinajstić information content (AvgIpc) is 2.60. The van der Waals surface area contributed by atoms with E-state index in [0.29, 0.717) is 25.8 Å². The summed E-state index contributed by atoms with van der Waals surface area (Å²) < 4.78 is 31.6. The Bertz CT molecular complexity index is 607. The Labute approximate surface area is 145 Å². The highest BCUT2D eigenvalue weighted by Crippen LogP contribution is 2.09. The van der Waals surface area contributed by atoms with Crippen molar-refractivity contribution in [2.75, 3.05) is 39.4 Å². The summed E-state index contributed by atoms with van der Waals surface area (Å²) in [5.74, 6) is -2.55. The maximum atomic E-state index is 13.5. The maximum absolute atomic E-state index is 13.5. The number of hydrogen-bond acceptors (Lipinski definition) is 4. The molecule has 6 nitrogen and oxygen atoms in total. The Morgan fingerprint density at radius 2 is 1.96 bits per heavy atom. The second-order valence-electron chi connectivity index (χ2n) is 5.93. The molecule has 8 heteroatoms. The highest BCUT2D eigenvalue weighted by Gasteiger charge is 2.17. The highest BCUT2D eigenvalue weighted by molar-refractivity contribution is 5.94. The van der Waals surface area contributed by atoms with E-state index in [4.69, 9.17) is 4.74 Å². The molecule has 1 saturated heterocycles. The van der Waals surface area contributed by atoms with Gasteiger partial charge in [0.15, 0.2) is 0 Å². The number of halogens is 2. The first-order valence-corrected chi connectivity index (χ1v) is 8.29. The molecule has 1 atom stereocenters. The van der Waals surface area contributed by atoms with Crippen molar-refractivity contribution in [2.24, 2.45) is 0 Å². The van der Waals surface area contributed by atoms with Crippen LogP contribution in [0.2, 0.25) is 0 Å². The summed E-state index contributed by atoms with van der Waals surface area (Å²) in [6.07, 6.45) is 0.0877. The van der Waals surface area contributed by atoms with Crippen molar-refractivity contribution in [3.05, 3.63) is 35.4 Å². The molecule has 0 spiro atoms. The second-order valence-corrected chi connectivity index (χ2v) is 5.93. The SMILES string of the molecule is CC(CNC(=O)CCNC(=O)c1ccc(F)cc1F)N1CCOCC1. The highest BCUT2D eigenvalue weighted by atomic mass is 19.1. The zero-order valence-electron chi connectivity index (χ0n) is 14.2. The molecule has 2 N–H and O–H groups in total. The number of ether oxygens (including phenoxy) is 1. The van der Waals surface area contributed by atoms with Crippen LogP contribution in [-0.4, -0.2) is 62.1 Å². The van der Waals surface area contributed by atoms with Crippen molar-refractivity contribution in [1.82, 2.24) is 15.5 Å². The third-order valence-electron chi connectivity index (χ3n) is 4.08. The molecule has 2 rings (SSSR count). The van der Waals surface area contributed by atoms with Crippen molar-refractivity contribution in [3.8, 4) is 0 Å². The van der Waals surface area contributed by atoms with Gasteiger partial charge in [-0.2, -0.15) is 0 Å². The molecular formula is C17H23F2N3O3. The third-order valence-corrected chi connectivity index (χ3v) is 4.08. The largest absolute Gasteiger partial charge is 0.379 e. The monoisotopic (exact) mass is 355 g/mol. The number of hydrogen-bond donors (Lipinski definition) is 2. The van der Waals surface area contributed by atoms with E-state index in [-0.39, 0.29) is 30.5 Å². The fraction of sp³-hybridized carbons (Fsp3) is 0.529. The van der Waals surface area contributed by atoms with Gasteiger partial charge < -0.3 is 15.4 Å². The van der Waals surface area contributed by atoms with Crippen molar-refractivity contribution in [1.29, 1.82) is 0 Å². The van der Waals surface area contributed by atoms with Crippen molar-refractivity contribution < 1.29 is 23.1 Å². The van der Waals surface area contributed by atoms with Gasteiger partial charge in [-0.05, 0) is 19.1 Å². The molecule has 1 unspecified atom stereocenters. The number of carbonyl (C=O) groups excluding carboxylic acids is 2. The summed E-state index contributed by atoms with van der Waals surface area (Å²) in [6.45, 7) is 5.71. The first-order chi connectivity index (χ1) is 12.0. The zero-order valence-corrected chi connectivity index (χ0v) is 14.2. The lowest BCUT2D eigenvalue weighted by atomic mass is 10.2. The van der Waals surface area contributed by atoms with E-state index in [1.54, 1.807) is 0 Å². The first-order valence-electron chi connectivity index (χ1n) is 8.29. The number of nitrogens with one attached hydrogen (secondary N) is 2. The Morgan fingerprint density at radius 3 is 2.64 bits per heavy atom. The summed E-state index contributed by atoms with van der Waals surface area (Å²) in [7, 11) is 0. The van der Waals surface area contributed by atoms with Crippen LogP contribution in [0.4, 0.5) is 8.78 Å². The summed E-state index contributed by atoms with van der Waals surface area (Å²) in [5.41, 5.74) is -0.247. The lowest BCUT2D eigenvalue weighted by molar-refractivity contribution is -0.121. The fourth-order valence-corrected chi connectivity index (χ4v) is 2.56. The van der Waals surface area contributed by atoms with Crippen molar-refractivity contribution in [2.45, 2.75) is 19.4 Å². The molecule has 1 aliphatic rings. The molecule has 1 fully saturated rings. The molecule has 0 saturated carbocycles. The van der Waals surface area contributed by atoms with E-state index in [1.165, 1.54) is 0 Å². The van der Waals surface area contributed by atoms with Crippen molar-refractivity contribution >= 4 is 11.8 Å². The second kappa shape index (κ2) is 9.43. The lowest BCUT2D eigenvalue weighted by Crippen LogP contribution is -2.47. The molecule has 138 valence electrons. The van der Waals surface area contributed by atoms with E-state index in [1.807, 2.05) is 6.92 Å². The van der Waals surface area contributed by atoms with Crippen LogP contribution in [0.5, 0.6) is 0 Å². The molecule has 0 aliphatic carbocycles. The van der Waals surface area contributed by atoms with Gasteiger partial charge in [0, 0.05) is 44.7 Å². The number of carbonyl (C=O) groups is 2. The molecular weight excluding hydrogens is 332 g/mol. The van der Waals surface area contributed by atoms with Gasteiger partial charge in [-0.15, -0.1) is 0 Å². The third kappa shape index (κ3) is 6.06. The molecule has 0 bridgehead atoms. The molecule has 25 heavy (non-hydrogen) atoms. The van der Waals surface area contributed by atoms with Crippen LogP contribution in [0.1, 0.15) is 23.7 Å². The normalized spacial score (nSPS) is 16.3. The molecule has 0 radical (unpaired) electrons. The van der Waals surface area contributed by atoms with Crippen LogP contribution in [0.25, 0.3) is 0 Å². The van der Waals surface area contributed by atoms with Crippen LogP contribution in [0.3, 0.4) is 0 Å². The van der Waals surface area contributed by atoms with Crippen LogP contribution in [-0.2, 0) is 9.53 Å². The number of amides is 2. The number of benzene rings is 1. The average molecular weight is 355 g/mol. The molecule has 1 heterocycles. The van der Waals surface area contributed by atoms with Crippen LogP contribution >= 0.6 is 0 Å². The smallest absolute Gasteiger partial charge is 0.254 e. The lowest BCUT2D eigenvalue weighted by Gasteiger charge is -2.32. The summed E-state index contributed by atoms with van der Waals surface area (Å²) >= 11 is 0. The Balaban J connectivity index is 1.66. The van der Waals surface area contributed by atoms with E-state index >= 15 is 0 Å². The maximum Gasteiger partial charge on any atom is 0.254 e. The van der Waals surface area contributed by atoms with Crippen molar-refractivity contribution in [3.63, 3.8) is 0 Å². The minimum atomic E-state index is -0.929. The molecule has 2 amide bonds. The predicted octanol–water partition coefficient (Wildman–Crippen LogP) is 0.922. The van der Waals surface area contributed by atoms with Gasteiger partial charge in [-0.25, -0.2) is 8.78 Å². The van der Waals surface area contributed by atoms with Crippen LogP contribution < -0.4 is 10.6 Å². The van der Waals surface area contributed by atoms with Gasteiger partial charge >= 0.3 is 0 Å². The Hall–Kier alpha value is -2.06. The van der Waals surface area contributed by atoms with Gasteiger partial charge in [0.25, 0.3) is 5.91 Å². The van der Waals surface area contributed by atoms with Gasteiger partial charge in [0.05, 0.1) is 18.8 Å². The fourth-order valence-electron chi connectivity index (χ4n) is 2.56. The first kappa shape index (κ1) is 19.3. The molecule has 0 aromatic heterocycles. The Kier molecular flexibility index (Phi) is 7.27. The van der Waals surface area contributed by atoms with E-state index < -0.39 is 17.5 Å². The van der Waals surface area contributed by atoms with E-state index in [9.17, 15) is 18.4 Å². The van der Waals surface area contributed by atoms with Gasteiger partial charge in [0.1, 0.15) is 11.6 Å². The minimum Gasteiger partial charge on any atom is -0.379 e. The molecule has 1 aliphatic heterocycles. The molecule has 1 aromatic carbocycles. The van der Waals surface area contributed by atoms with E-state index in [2.05, 4.69) is 15.5 Å². The van der Waals surface area contributed by atoms with Gasteiger partial charge in [0.2, 0.25) is 5.91 Å². The number of morpholine rings is 1. The zero-order chi connectivity index (χ0) is 18.2. The minimum absolute atomic E-state index is 0.0768. The quantitative estimate of drug-likeness (QED) is 0.763. The van der Waals surface area contributed by atoms with Gasteiger partial charge in [-0.3, -0.25) is 14.5 Å². The predicted molar refractivity (Wildman–Crippen MR) is 88.2 cm³/mol. The molecule has 1 aromatic rings. The van der Waals surface area contributed by atoms with Gasteiger partial charge in [-0.1, -0.05) is 0 Å². The number of nitrogens with zero attached hydrogens (tertiary/aromatic N) is 1.